The third-order valence-electron chi connectivity index (χ3n) is 4.49. The van der Waals surface area contributed by atoms with Crippen LogP contribution in [0.15, 0.2) is 60.7 Å². The normalized spacial score (nSPS) is 11.6. The number of carboxylic acids is 1. The molecule has 35 heavy (non-hydrogen) atoms. The van der Waals surface area contributed by atoms with Crippen LogP contribution in [-0.4, -0.2) is 64.5 Å². The minimum Gasteiger partial charge on any atom is -0.870 e. The zero-order valence-corrected chi connectivity index (χ0v) is 23.4. The van der Waals surface area contributed by atoms with Gasteiger partial charge in [0.1, 0.15) is 5.78 Å². The molecule has 2 aromatic carbocycles. The fourth-order valence-corrected chi connectivity index (χ4v) is 2.62. The van der Waals surface area contributed by atoms with Gasteiger partial charge in [-0.25, -0.2) is 0 Å². The Morgan fingerprint density at radius 3 is 1.66 bits per heavy atom. The number of aliphatic hydroxyl groups is 2. The van der Waals surface area contributed by atoms with Crippen molar-refractivity contribution in [1.29, 1.82) is 0 Å². The number of ether oxygens (including phenoxy) is 2. The first kappa shape index (κ1) is 36.1. The van der Waals surface area contributed by atoms with Gasteiger partial charge in [-0.15, -0.1) is 0 Å². The summed E-state index contributed by atoms with van der Waals surface area (Å²) >= 11 is 0. The van der Waals surface area contributed by atoms with Crippen molar-refractivity contribution in [2.45, 2.75) is 51.1 Å². The topological polar surface area (TPSA) is 169 Å². The van der Waals surface area contributed by atoms with E-state index in [0.717, 1.165) is 11.1 Å². The monoisotopic (exact) mass is 517 g/mol. The zero-order chi connectivity index (χ0) is 24.3. The summed E-state index contributed by atoms with van der Waals surface area (Å²) in [6.45, 7) is 1.66. The number of benzene rings is 2. The minimum absolute atomic E-state index is 0. The number of carbonyl (C=O) groups excluding carboxylic acids is 1. The summed E-state index contributed by atoms with van der Waals surface area (Å²) in [6, 6.07) is 19.4. The molecule has 9 nitrogen and oxygen atoms in total. The first-order chi connectivity index (χ1) is 15.9. The van der Waals surface area contributed by atoms with Crippen LogP contribution < -0.4 is 57.1 Å². The van der Waals surface area contributed by atoms with Crippen molar-refractivity contribution >= 4 is 11.8 Å². The van der Waals surface area contributed by atoms with Crippen molar-refractivity contribution in [2.24, 2.45) is 5.73 Å². The van der Waals surface area contributed by atoms with Gasteiger partial charge in [0.2, 0.25) is 0 Å². The molecule has 0 aromatic heterocycles. The van der Waals surface area contributed by atoms with Gasteiger partial charge in [-0.2, -0.15) is 0 Å². The molecule has 0 radical (unpaired) electrons. The molecule has 0 aliphatic rings. The Morgan fingerprint density at radius 1 is 0.771 bits per heavy atom. The van der Waals surface area contributed by atoms with Crippen molar-refractivity contribution in [2.75, 3.05) is 19.8 Å². The van der Waals surface area contributed by atoms with Gasteiger partial charge in [0.25, 0.3) is 0 Å². The summed E-state index contributed by atoms with van der Waals surface area (Å²) in [5, 5.41) is 27.2. The first-order valence-electron chi connectivity index (χ1n) is 10.9. The van der Waals surface area contributed by atoms with Crippen LogP contribution in [0.25, 0.3) is 0 Å². The molecular weight excluding hydrogens is 481 g/mol. The van der Waals surface area contributed by atoms with Gasteiger partial charge >= 0.3 is 57.4 Å². The molecule has 0 saturated heterocycles. The number of ketones is 1. The van der Waals surface area contributed by atoms with E-state index in [2.05, 4.69) is 0 Å². The second-order valence-electron chi connectivity index (χ2n) is 7.52. The number of carboxylic acid groups (broad SMARTS) is 1. The van der Waals surface area contributed by atoms with E-state index < -0.39 is 18.2 Å². The van der Waals surface area contributed by atoms with Crippen molar-refractivity contribution in [3.05, 3.63) is 71.8 Å². The van der Waals surface area contributed by atoms with Crippen molar-refractivity contribution < 1.29 is 91.2 Å². The summed E-state index contributed by atoms with van der Waals surface area (Å²) in [7, 11) is 0. The van der Waals surface area contributed by atoms with Crippen LogP contribution in [0, 0.1) is 0 Å². The summed E-state index contributed by atoms with van der Waals surface area (Å²) in [6.07, 6.45) is -0.904. The SMILES string of the molecule is NC[C@@H](O)COCc1ccccc1.O=C(O)CCC(=O)CC[C@@H](O)COCc1ccccc1.[K+].[OH-]. The molecule has 190 valence electrons. The van der Waals surface area contributed by atoms with E-state index in [4.69, 9.17) is 25.4 Å². The maximum atomic E-state index is 11.3. The van der Waals surface area contributed by atoms with Crippen LogP contribution in [0.2, 0.25) is 0 Å². The van der Waals surface area contributed by atoms with Crippen molar-refractivity contribution in [3.8, 4) is 0 Å². The number of aliphatic hydroxyl groups excluding tert-OH is 2. The fourth-order valence-electron chi connectivity index (χ4n) is 2.62. The van der Waals surface area contributed by atoms with Crippen LogP contribution in [0.1, 0.15) is 36.8 Å². The van der Waals surface area contributed by atoms with Crippen molar-refractivity contribution in [1.82, 2.24) is 0 Å². The summed E-state index contributed by atoms with van der Waals surface area (Å²) in [5.74, 6) is -1.13. The smallest absolute Gasteiger partial charge is 0.870 e. The van der Waals surface area contributed by atoms with Crippen molar-refractivity contribution in [3.63, 3.8) is 0 Å². The van der Waals surface area contributed by atoms with Gasteiger partial charge in [0, 0.05) is 19.4 Å². The molecule has 2 rings (SSSR count). The number of Topliss-reactive ketones (excluding diaryl/α,β-unsaturated/α-hetero) is 1. The van der Waals surface area contributed by atoms with E-state index in [-0.39, 0.29) is 95.1 Å². The summed E-state index contributed by atoms with van der Waals surface area (Å²) in [4.78, 5) is 21.6. The Bertz CT molecular complexity index is 780. The minimum atomic E-state index is -0.981. The molecule has 0 amide bonds. The van der Waals surface area contributed by atoms with Crippen LogP contribution >= 0.6 is 0 Å². The Morgan fingerprint density at radius 2 is 1.23 bits per heavy atom. The second-order valence-corrected chi connectivity index (χ2v) is 7.52. The predicted octanol–water partition coefficient (Wildman–Crippen LogP) is -0.872. The number of aliphatic carboxylic acids is 1. The maximum Gasteiger partial charge on any atom is 1.00 e. The zero-order valence-electron chi connectivity index (χ0n) is 20.3. The van der Waals surface area contributed by atoms with Gasteiger partial charge in [-0.3, -0.25) is 9.59 Å². The fraction of sp³-hybridized carbons (Fsp3) is 0.440. The quantitative estimate of drug-likeness (QED) is 0.219. The summed E-state index contributed by atoms with van der Waals surface area (Å²) in [5.41, 5.74) is 7.35. The van der Waals surface area contributed by atoms with Gasteiger partial charge in [0.05, 0.1) is 45.1 Å². The molecule has 0 fully saturated rings. The van der Waals surface area contributed by atoms with Gasteiger partial charge < -0.3 is 36.0 Å². The Balaban J connectivity index is 0. The Kier molecular flexibility index (Phi) is 24.1. The van der Waals surface area contributed by atoms with Crippen LogP contribution in [0.3, 0.4) is 0 Å². The second kappa shape index (κ2) is 23.4. The number of nitrogens with two attached hydrogens (primary N) is 1. The molecule has 6 N–H and O–H groups in total. The van der Waals surface area contributed by atoms with Crippen LogP contribution in [0.5, 0.6) is 0 Å². The molecule has 0 aliphatic carbocycles. The molecule has 0 bridgehead atoms. The van der Waals surface area contributed by atoms with E-state index in [1.807, 2.05) is 60.7 Å². The molecule has 2 atom stereocenters. The van der Waals surface area contributed by atoms with Crippen LogP contribution in [0.4, 0.5) is 0 Å². The summed E-state index contributed by atoms with van der Waals surface area (Å²) < 4.78 is 10.6. The number of hydrogen-bond acceptors (Lipinski definition) is 8. The molecule has 2 aromatic rings. The third-order valence-corrected chi connectivity index (χ3v) is 4.49. The van der Waals surface area contributed by atoms with E-state index in [1.165, 1.54) is 0 Å². The average molecular weight is 518 g/mol. The molecule has 0 heterocycles. The van der Waals surface area contributed by atoms with E-state index >= 15 is 0 Å². The Hall–Kier alpha value is -1.02. The molecule has 0 unspecified atom stereocenters. The predicted molar refractivity (Wildman–Crippen MR) is 126 cm³/mol. The number of hydrogen-bond donors (Lipinski definition) is 4. The van der Waals surface area contributed by atoms with Gasteiger partial charge in [-0.05, 0) is 17.5 Å². The van der Waals surface area contributed by atoms with E-state index in [9.17, 15) is 14.7 Å². The number of rotatable bonds is 15. The largest absolute Gasteiger partial charge is 1.00 e. The first-order valence-corrected chi connectivity index (χ1v) is 10.9. The average Bonchev–Trinajstić information content (AvgIpc) is 2.83. The van der Waals surface area contributed by atoms with Gasteiger partial charge in [-0.1, -0.05) is 60.7 Å². The molecule has 10 heteroatoms. The van der Waals surface area contributed by atoms with E-state index in [0.29, 0.717) is 26.2 Å². The standard InChI is InChI=1S/C15H20O5.C10H15NO2.K.H2O/c16-13(8-9-15(18)19)6-7-14(17)11-20-10-12-4-2-1-3-5-12;11-6-10(12)8-13-7-9-4-2-1-3-5-9;;/h1-5,14,17H,6-11H2,(H,18,19);1-5,10,12H,6-8,11H2;;1H2/q;;+1;/p-1/t14-;10-;;/m11../s1. The van der Waals surface area contributed by atoms with Crippen LogP contribution in [-0.2, 0) is 32.3 Å². The third kappa shape index (κ3) is 20.8. The molecular formula is C25H36KNO8. The number of carbonyl (C=O) groups is 2. The van der Waals surface area contributed by atoms with Gasteiger partial charge in [0.15, 0.2) is 0 Å². The van der Waals surface area contributed by atoms with E-state index in [1.54, 1.807) is 0 Å². The maximum absolute atomic E-state index is 11.3. The molecule has 0 aliphatic heterocycles. The molecule has 0 spiro atoms. The molecule has 0 saturated carbocycles. The Labute approximate surface area is 249 Å².